The Labute approximate surface area is 223 Å². The summed E-state index contributed by atoms with van der Waals surface area (Å²) in [6, 6.07) is 4.20. The monoisotopic (exact) mass is 547 g/mol. The molecule has 14 heteroatoms. The molecule has 0 radical (unpaired) electrons. The molecule has 38 heavy (non-hydrogen) atoms. The SMILES string of the molecule is CSCCC(N)C(=O)NC(Cc1ccccc1)C(=O)NC(Cc1cnc[nH]1)C(=O)NC(CC(N)=O)C(=O)O. The van der Waals surface area contributed by atoms with Crippen LogP contribution in [0.1, 0.15) is 24.1 Å². The number of nitrogens with one attached hydrogen (secondary N) is 4. The summed E-state index contributed by atoms with van der Waals surface area (Å²) >= 11 is 1.54. The van der Waals surface area contributed by atoms with Crippen LogP contribution in [0.5, 0.6) is 0 Å². The molecule has 1 aromatic carbocycles. The number of benzene rings is 1. The van der Waals surface area contributed by atoms with Gasteiger partial charge in [-0.3, -0.25) is 19.2 Å². The first-order valence-corrected chi connectivity index (χ1v) is 13.2. The van der Waals surface area contributed by atoms with E-state index in [1.54, 1.807) is 24.3 Å². The van der Waals surface area contributed by atoms with Gasteiger partial charge in [0.1, 0.15) is 18.1 Å². The molecule has 13 nitrogen and oxygen atoms in total. The summed E-state index contributed by atoms with van der Waals surface area (Å²) < 4.78 is 0. The van der Waals surface area contributed by atoms with Crippen LogP contribution in [-0.4, -0.2) is 80.8 Å². The number of hydrogen-bond acceptors (Lipinski definition) is 8. The number of H-pyrrole nitrogens is 1. The highest BCUT2D eigenvalue weighted by atomic mass is 32.2. The van der Waals surface area contributed by atoms with Crippen molar-refractivity contribution in [3.63, 3.8) is 0 Å². The lowest BCUT2D eigenvalue weighted by atomic mass is 10.0. The van der Waals surface area contributed by atoms with Gasteiger partial charge in [-0.15, -0.1) is 0 Å². The van der Waals surface area contributed by atoms with Crippen molar-refractivity contribution in [3.8, 4) is 0 Å². The molecule has 0 aliphatic rings. The number of nitrogens with two attached hydrogens (primary N) is 2. The van der Waals surface area contributed by atoms with E-state index in [4.69, 9.17) is 11.5 Å². The Hall–Kier alpha value is -3.91. The fourth-order valence-electron chi connectivity index (χ4n) is 3.49. The van der Waals surface area contributed by atoms with Gasteiger partial charge in [-0.1, -0.05) is 30.3 Å². The number of aliphatic carboxylic acids is 1. The number of aromatic amines is 1. The second-order valence-corrected chi connectivity index (χ2v) is 9.54. The maximum absolute atomic E-state index is 13.4. The molecule has 1 heterocycles. The van der Waals surface area contributed by atoms with Gasteiger partial charge in [0.05, 0.1) is 18.8 Å². The van der Waals surface area contributed by atoms with Gasteiger partial charge in [0.25, 0.3) is 0 Å². The van der Waals surface area contributed by atoms with Crippen LogP contribution in [0.15, 0.2) is 42.9 Å². The largest absolute Gasteiger partial charge is 0.480 e. The van der Waals surface area contributed by atoms with Gasteiger partial charge in [0, 0.05) is 24.7 Å². The summed E-state index contributed by atoms with van der Waals surface area (Å²) in [6.45, 7) is 0. The van der Waals surface area contributed by atoms with Crippen molar-refractivity contribution in [1.29, 1.82) is 0 Å². The molecule has 1 aromatic heterocycles. The third-order valence-electron chi connectivity index (χ3n) is 5.52. The van der Waals surface area contributed by atoms with Gasteiger partial charge in [-0.25, -0.2) is 9.78 Å². The molecule has 0 fully saturated rings. The average Bonchev–Trinajstić information content (AvgIpc) is 3.39. The number of hydrogen-bond donors (Lipinski definition) is 7. The molecule has 2 aromatic rings. The lowest BCUT2D eigenvalue weighted by Crippen LogP contribution is -2.58. The predicted molar refractivity (Wildman–Crippen MR) is 141 cm³/mol. The van der Waals surface area contributed by atoms with E-state index in [-0.39, 0.29) is 12.8 Å². The Bertz CT molecular complexity index is 1080. The van der Waals surface area contributed by atoms with Gasteiger partial charge in [0.2, 0.25) is 23.6 Å². The highest BCUT2D eigenvalue weighted by Gasteiger charge is 2.31. The molecule has 4 atom stereocenters. The highest BCUT2D eigenvalue weighted by Crippen LogP contribution is 2.07. The van der Waals surface area contributed by atoms with Crippen LogP contribution in [0.25, 0.3) is 0 Å². The van der Waals surface area contributed by atoms with E-state index in [0.717, 1.165) is 5.56 Å². The normalized spacial score (nSPS) is 13.9. The first-order valence-electron chi connectivity index (χ1n) is 11.8. The molecule has 4 unspecified atom stereocenters. The minimum atomic E-state index is -1.59. The van der Waals surface area contributed by atoms with Gasteiger partial charge >= 0.3 is 5.97 Å². The van der Waals surface area contributed by atoms with Crippen molar-refractivity contribution in [3.05, 3.63) is 54.1 Å². The Balaban J connectivity index is 2.25. The number of carbonyl (C=O) groups excluding carboxylic acids is 4. The summed E-state index contributed by atoms with van der Waals surface area (Å²) in [5, 5.41) is 16.9. The first kappa shape index (κ1) is 30.3. The highest BCUT2D eigenvalue weighted by molar-refractivity contribution is 7.98. The maximum Gasteiger partial charge on any atom is 0.326 e. The van der Waals surface area contributed by atoms with Crippen molar-refractivity contribution in [1.82, 2.24) is 25.9 Å². The third kappa shape index (κ3) is 10.2. The number of amides is 4. The molecule has 0 spiro atoms. The van der Waals surface area contributed by atoms with Crippen molar-refractivity contribution in [2.75, 3.05) is 12.0 Å². The minimum Gasteiger partial charge on any atom is -0.480 e. The molecule has 0 aliphatic carbocycles. The molecule has 0 saturated heterocycles. The van der Waals surface area contributed by atoms with Crippen LogP contribution in [0.3, 0.4) is 0 Å². The molecule has 9 N–H and O–H groups in total. The van der Waals surface area contributed by atoms with Crippen molar-refractivity contribution >= 4 is 41.4 Å². The van der Waals surface area contributed by atoms with Gasteiger partial charge in [0.15, 0.2) is 0 Å². The molecule has 2 rings (SSSR count). The van der Waals surface area contributed by atoms with E-state index < -0.39 is 60.2 Å². The number of imidazole rings is 1. The number of carboxylic acids is 1. The molecule has 0 saturated carbocycles. The number of primary amides is 1. The van der Waals surface area contributed by atoms with Crippen molar-refractivity contribution < 1.29 is 29.1 Å². The van der Waals surface area contributed by atoms with E-state index in [1.165, 1.54) is 24.3 Å². The van der Waals surface area contributed by atoms with Crippen LogP contribution in [-0.2, 0) is 36.8 Å². The van der Waals surface area contributed by atoms with Crippen molar-refractivity contribution in [2.24, 2.45) is 11.5 Å². The zero-order valence-corrected chi connectivity index (χ0v) is 21.7. The molecule has 0 aliphatic heterocycles. The summed E-state index contributed by atoms with van der Waals surface area (Å²) in [7, 11) is 0. The Kier molecular flexibility index (Phi) is 12.3. The molecule has 206 valence electrons. The lowest BCUT2D eigenvalue weighted by Gasteiger charge is -2.25. The summed E-state index contributed by atoms with van der Waals surface area (Å²) in [5.41, 5.74) is 12.3. The molecular weight excluding hydrogens is 514 g/mol. The van der Waals surface area contributed by atoms with E-state index in [0.29, 0.717) is 17.9 Å². The number of carboxylic acid groups (broad SMARTS) is 1. The topological polar surface area (TPSA) is 222 Å². The second-order valence-electron chi connectivity index (χ2n) is 8.55. The third-order valence-corrected chi connectivity index (χ3v) is 6.16. The Morgan fingerprint density at radius 2 is 1.58 bits per heavy atom. The number of carbonyl (C=O) groups is 5. The van der Waals surface area contributed by atoms with E-state index in [9.17, 15) is 29.1 Å². The number of rotatable bonds is 16. The first-order chi connectivity index (χ1) is 18.1. The zero-order valence-electron chi connectivity index (χ0n) is 20.9. The summed E-state index contributed by atoms with van der Waals surface area (Å²) in [5.74, 6) is -3.78. The number of aromatic nitrogens is 2. The van der Waals surface area contributed by atoms with E-state index in [2.05, 4.69) is 25.9 Å². The second kappa shape index (κ2) is 15.4. The fourth-order valence-corrected chi connectivity index (χ4v) is 3.97. The van der Waals surface area contributed by atoms with Gasteiger partial charge < -0.3 is 37.5 Å². The maximum atomic E-state index is 13.4. The van der Waals surface area contributed by atoms with Crippen LogP contribution in [0, 0.1) is 0 Å². The summed E-state index contributed by atoms with van der Waals surface area (Å²) in [4.78, 5) is 68.6. The van der Waals surface area contributed by atoms with Gasteiger partial charge in [-0.2, -0.15) is 11.8 Å². The smallest absolute Gasteiger partial charge is 0.326 e. The average molecular weight is 548 g/mol. The lowest BCUT2D eigenvalue weighted by molar-refractivity contribution is -0.143. The Morgan fingerprint density at radius 3 is 2.13 bits per heavy atom. The molecule has 4 amide bonds. The zero-order chi connectivity index (χ0) is 28.1. The van der Waals surface area contributed by atoms with Gasteiger partial charge in [-0.05, 0) is 24.0 Å². The minimum absolute atomic E-state index is 0.0697. The molecular formula is C24H33N7O6S. The van der Waals surface area contributed by atoms with E-state index in [1.807, 2.05) is 12.3 Å². The number of thioether (sulfide) groups is 1. The van der Waals surface area contributed by atoms with Crippen LogP contribution < -0.4 is 27.4 Å². The molecule has 0 bridgehead atoms. The fraction of sp³-hybridized carbons (Fsp3) is 0.417. The number of nitrogens with zero attached hydrogens (tertiary/aromatic N) is 1. The predicted octanol–water partition coefficient (Wildman–Crippen LogP) is -1.31. The van der Waals surface area contributed by atoms with E-state index >= 15 is 0 Å². The summed E-state index contributed by atoms with van der Waals surface area (Å²) in [6.07, 6.45) is 4.54. The van der Waals surface area contributed by atoms with Crippen LogP contribution in [0.2, 0.25) is 0 Å². The standard InChI is InChI=1S/C24H33N7O6S/c1-38-8-7-16(25)21(33)29-17(9-14-5-3-2-4-6-14)22(34)30-18(10-15-12-27-13-28-15)23(35)31-19(24(36)37)11-20(26)32/h2-6,12-13,16-19H,7-11,25H2,1H3,(H2,26,32)(H,27,28)(H,29,33)(H,30,34)(H,31,35)(H,36,37). The van der Waals surface area contributed by atoms with Crippen LogP contribution >= 0.6 is 11.8 Å². The van der Waals surface area contributed by atoms with Crippen LogP contribution in [0.4, 0.5) is 0 Å². The van der Waals surface area contributed by atoms with Crippen molar-refractivity contribution in [2.45, 2.75) is 49.9 Å². The quantitative estimate of drug-likeness (QED) is 0.132. The Morgan fingerprint density at radius 1 is 0.974 bits per heavy atom.